The van der Waals surface area contributed by atoms with Crippen molar-refractivity contribution < 1.29 is 9.53 Å². The summed E-state index contributed by atoms with van der Waals surface area (Å²) in [5, 5.41) is 0. The van der Waals surface area contributed by atoms with Gasteiger partial charge in [0.2, 0.25) is 0 Å². The molecule has 0 aromatic rings. The molecule has 68 valence electrons. The van der Waals surface area contributed by atoms with Crippen molar-refractivity contribution in [3.63, 3.8) is 0 Å². The van der Waals surface area contributed by atoms with Gasteiger partial charge in [-0.1, -0.05) is 12.2 Å². The fourth-order valence-corrected chi connectivity index (χ4v) is 1.96. The first-order valence-corrected chi connectivity index (χ1v) is 4.37. The molecule has 0 amide bonds. The molecule has 2 aliphatic rings. The molecule has 2 heteroatoms. The maximum Gasteiger partial charge on any atom is 0.173 e. The fourth-order valence-electron chi connectivity index (χ4n) is 1.96. The summed E-state index contributed by atoms with van der Waals surface area (Å²) in [6.07, 6.45) is 8.41. The lowest BCUT2D eigenvalue weighted by atomic mass is 9.77. The third-order valence-electron chi connectivity index (χ3n) is 2.84. The highest BCUT2D eigenvalue weighted by atomic mass is 16.5. The second-order valence-corrected chi connectivity index (χ2v) is 3.49. The van der Waals surface area contributed by atoms with Crippen LogP contribution in [0.15, 0.2) is 35.6 Å². The van der Waals surface area contributed by atoms with Crippen molar-refractivity contribution in [1.82, 2.24) is 0 Å². The lowest BCUT2D eigenvalue weighted by Crippen LogP contribution is -2.29. The number of allylic oxidation sites excluding steroid dienone is 5. The van der Waals surface area contributed by atoms with E-state index in [0.29, 0.717) is 0 Å². The smallest absolute Gasteiger partial charge is 0.173 e. The van der Waals surface area contributed by atoms with Crippen LogP contribution in [0.3, 0.4) is 0 Å². The van der Waals surface area contributed by atoms with E-state index in [1.165, 1.54) is 0 Å². The molecule has 2 rings (SSSR count). The van der Waals surface area contributed by atoms with Crippen molar-refractivity contribution >= 4 is 5.78 Å². The molecule has 0 bridgehead atoms. The van der Waals surface area contributed by atoms with Crippen molar-refractivity contribution in [3.8, 4) is 0 Å². The molecular formula is C11H12O2. The molecule has 2 aliphatic carbocycles. The van der Waals surface area contributed by atoms with E-state index >= 15 is 0 Å². The highest BCUT2D eigenvalue weighted by Crippen LogP contribution is 2.44. The van der Waals surface area contributed by atoms with Gasteiger partial charge < -0.3 is 4.74 Å². The normalized spacial score (nSPS) is 31.1. The number of fused-ring (bicyclic) bond motifs is 1. The summed E-state index contributed by atoms with van der Waals surface area (Å²) in [6.45, 7) is 1.91. The minimum atomic E-state index is -0.535. The minimum Gasteiger partial charge on any atom is -0.500 e. The van der Waals surface area contributed by atoms with E-state index in [1.54, 1.807) is 13.2 Å². The predicted molar refractivity (Wildman–Crippen MR) is 50.0 cm³/mol. The number of ether oxygens (including phenoxy) is 1. The molecular weight excluding hydrogens is 164 g/mol. The van der Waals surface area contributed by atoms with Gasteiger partial charge in [-0.2, -0.15) is 0 Å². The van der Waals surface area contributed by atoms with Crippen molar-refractivity contribution in [1.29, 1.82) is 0 Å². The minimum absolute atomic E-state index is 0.117. The highest BCUT2D eigenvalue weighted by molar-refractivity contribution is 6.03. The van der Waals surface area contributed by atoms with E-state index in [9.17, 15) is 4.79 Å². The van der Waals surface area contributed by atoms with Gasteiger partial charge in [-0.25, -0.2) is 0 Å². The molecule has 0 aromatic heterocycles. The number of hydrogen-bond acceptors (Lipinski definition) is 2. The zero-order valence-electron chi connectivity index (χ0n) is 7.83. The predicted octanol–water partition coefficient (Wildman–Crippen LogP) is 1.99. The Balaban J connectivity index is 2.50. The molecule has 2 nitrogen and oxygen atoms in total. The SMILES string of the molecule is COC1=CCC=C2C=CC(=O)C21C. The van der Waals surface area contributed by atoms with Crippen molar-refractivity contribution in [2.75, 3.05) is 7.11 Å². The van der Waals surface area contributed by atoms with Gasteiger partial charge in [0, 0.05) is 0 Å². The molecule has 0 spiro atoms. The van der Waals surface area contributed by atoms with Crippen LogP contribution in [0.2, 0.25) is 0 Å². The molecule has 0 radical (unpaired) electrons. The summed E-state index contributed by atoms with van der Waals surface area (Å²) >= 11 is 0. The Bertz CT molecular complexity index is 347. The maximum absolute atomic E-state index is 11.7. The van der Waals surface area contributed by atoms with Crippen molar-refractivity contribution in [3.05, 3.63) is 35.6 Å². The number of rotatable bonds is 1. The lowest BCUT2D eigenvalue weighted by molar-refractivity contribution is -0.120. The Morgan fingerprint density at radius 3 is 2.85 bits per heavy atom. The Labute approximate surface area is 77.6 Å². The zero-order valence-corrected chi connectivity index (χ0v) is 7.83. The first-order chi connectivity index (χ1) is 6.19. The van der Waals surface area contributed by atoms with Gasteiger partial charge in [0.15, 0.2) is 5.78 Å². The average Bonchev–Trinajstić information content (AvgIpc) is 2.43. The third kappa shape index (κ3) is 0.916. The Morgan fingerprint density at radius 2 is 2.15 bits per heavy atom. The van der Waals surface area contributed by atoms with E-state index < -0.39 is 5.41 Å². The van der Waals surface area contributed by atoms with Crippen LogP contribution in [0.1, 0.15) is 13.3 Å². The van der Waals surface area contributed by atoms with Crippen LogP contribution in [0.4, 0.5) is 0 Å². The molecule has 1 unspecified atom stereocenters. The van der Waals surface area contributed by atoms with Crippen LogP contribution in [-0.2, 0) is 9.53 Å². The molecule has 0 aromatic carbocycles. The van der Waals surface area contributed by atoms with Crippen LogP contribution in [-0.4, -0.2) is 12.9 Å². The van der Waals surface area contributed by atoms with Gasteiger partial charge in [-0.05, 0) is 31.1 Å². The third-order valence-corrected chi connectivity index (χ3v) is 2.84. The molecule has 0 N–H and O–H groups in total. The second kappa shape index (κ2) is 2.59. The standard InChI is InChI=1S/C11H12O2/c1-11-8(6-7-9(11)12)4-3-5-10(11)13-2/h4-7H,3H2,1-2H3. The second-order valence-electron chi connectivity index (χ2n) is 3.49. The summed E-state index contributed by atoms with van der Waals surface area (Å²) < 4.78 is 5.24. The maximum atomic E-state index is 11.7. The van der Waals surface area contributed by atoms with Crippen LogP contribution >= 0.6 is 0 Å². The summed E-state index contributed by atoms with van der Waals surface area (Å²) in [6, 6.07) is 0. The van der Waals surface area contributed by atoms with Crippen LogP contribution < -0.4 is 0 Å². The fraction of sp³-hybridized carbons (Fsp3) is 0.364. The lowest BCUT2D eigenvalue weighted by Gasteiger charge is -2.29. The van der Waals surface area contributed by atoms with E-state index in [2.05, 4.69) is 6.08 Å². The van der Waals surface area contributed by atoms with Gasteiger partial charge in [-0.3, -0.25) is 4.79 Å². The highest BCUT2D eigenvalue weighted by Gasteiger charge is 2.43. The van der Waals surface area contributed by atoms with Gasteiger partial charge in [-0.15, -0.1) is 0 Å². The average molecular weight is 176 g/mol. The quantitative estimate of drug-likeness (QED) is 0.610. The van der Waals surface area contributed by atoms with Gasteiger partial charge in [0.25, 0.3) is 0 Å². The molecule has 0 heterocycles. The Morgan fingerprint density at radius 1 is 1.38 bits per heavy atom. The molecule has 0 aliphatic heterocycles. The largest absolute Gasteiger partial charge is 0.500 e. The van der Waals surface area contributed by atoms with Gasteiger partial charge >= 0.3 is 0 Å². The number of hydrogen-bond donors (Lipinski definition) is 0. The van der Waals surface area contributed by atoms with Gasteiger partial charge in [0.05, 0.1) is 7.11 Å². The molecule has 0 saturated heterocycles. The molecule has 0 saturated carbocycles. The number of methoxy groups -OCH3 is 1. The van der Waals surface area contributed by atoms with E-state index in [1.807, 2.05) is 19.1 Å². The first kappa shape index (κ1) is 8.30. The van der Waals surface area contributed by atoms with Crippen LogP contribution in [0.25, 0.3) is 0 Å². The van der Waals surface area contributed by atoms with E-state index in [4.69, 9.17) is 4.74 Å². The van der Waals surface area contributed by atoms with E-state index in [0.717, 1.165) is 17.8 Å². The molecule has 0 fully saturated rings. The Kier molecular flexibility index (Phi) is 1.65. The topological polar surface area (TPSA) is 26.3 Å². The summed E-state index contributed by atoms with van der Waals surface area (Å²) in [5.41, 5.74) is 0.532. The number of carbonyl (C=O) groups excluding carboxylic acids is 1. The molecule has 13 heavy (non-hydrogen) atoms. The van der Waals surface area contributed by atoms with Crippen molar-refractivity contribution in [2.24, 2.45) is 5.41 Å². The zero-order chi connectivity index (χ0) is 9.47. The number of carbonyl (C=O) groups is 1. The first-order valence-electron chi connectivity index (χ1n) is 4.37. The van der Waals surface area contributed by atoms with Crippen LogP contribution in [0.5, 0.6) is 0 Å². The van der Waals surface area contributed by atoms with Gasteiger partial charge in [0.1, 0.15) is 11.2 Å². The van der Waals surface area contributed by atoms with Crippen molar-refractivity contribution in [2.45, 2.75) is 13.3 Å². The summed E-state index contributed by atoms with van der Waals surface area (Å²) in [5.74, 6) is 0.895. The van der Waals surface area contributed by atoms with E-state index in [-0.39, 0.29) is 5.78 Å². The Hall–Kier alpha value is -1.31. The molecule has 1 atom stereocenters. The monoisotopic (exact) mass is 176 g/mol. The summed E-state index contributed by atoms with van der Waals surface area (Å²) in [7, 11) is 1.62. The van der Waals surface area contributed by atoms with Crippen LogP contribution in [0, 0.1) is 5.41 Å². The number of ketones is 1. The summed E-state index contributed by atoms with van der Waals surface area (Å²) in [4.78, 5) is 11.7.